The third-order valence-corrected chi connectivity index (χ3v) is 3.06. The molecule has 15 heavy (non-hydrogen) atoms. The van der Waals surface area contributed by atoms with Gasteiger partial charge < -0.3 is 10.2 Å². The molecule has 88 valence electrons. The first kappa shape index (κ1) is 12.5. The highest BCUT2D eigenvalue weighted by Crippen LogP contribution is 2.22. The highest BCUT2D eigenvalue weighted by Gasteiger charge is 2.34. The van der Waals surface area contributed by atoms with Crippen LogP contribution in [0.4, 0.5) is 0 Å². The van der Waals surface area contributed by atoms with Gasteiger partial charge in [-0.2, -0.15) is 0 Å². The summed E-state index contributed by atoms with van der Waals surface area (Å²) >= 11 is 0. The largest absolute Gasteiger partial charge is 0.479 e. The lowest BCUT2D eigenvalue weighted by molar-refractivity contribution is -0.158. The summed E-state index contributed by atoms with van der Waals surface area (Å²) in [5, 5.41) is 18.4. The van der Waals surface area contributed by atoms with Gasteiger partial charge in [-0.15, -0.1) is 0 Å². The van der Waals surface area contributed by atoms with E-state index in [-0.39, 0.29) is 6.54 Å². The normalized spacial score (nSPS) is 26.5. The maximum Gasteiger partial charge on any atom is 0.336 e. The number of carboxylic acid groups (broad SMARTS) is 1. The molecule has 2 unspecified atom stereocenters. The van der Waals surface area contributed by atoms with Crippen molar-refractivity contribution in [2.45, 2.75) is 38.7 Å². The van der Waals surface area contributed by atoms with E-state index in [0.29, 0.717) is 5.92 Å². The molecular formula is C11H21NO3. The number of nitrogens with zero attached hydrogens (tertiary/aromatic N) is 1. The molecule has 1 rings (SSSR count). The van der Waals surface area contributed by atoms with Gasteiger partial charge in [-0.05, 0) is 32.2 Å². The highest BCUT2D eigenvalue weighted by molar-refractivity contribution is 5.76. The number of aliphatic hydroxyl groups is 1. The molecule has 4 nitrogen and oxygen atoms in total. The number of hydrogen-bond acceptors (Lipinski definition) is 3. The minimum absolute atomic E-state index is 0.239. The predicted octanol–water partition coefficient (Wildman–Crippen LogP) is 0.944. The van der Waals surface area contributed by atoms with E-state index in [0.717, 1.165) is 19.5 Å². The van der Waals surface area contributed by atoms with Crippen molar-refractivity contribution in [3.63, 3.8) is 0 Å². The molecule has 2 N–H and O–H groups in total. The predicted molar refractivity (Wildman–Crippen MR) is 57.7 cm³/mol. The van der Waals surface area contributed by atoms with Gasteiger partial charge in [0, 0.05) is 13.1 Å². The fourth-order valence-corrected chi connectivity index (χ4v) is 2.20. The second-order valence-electron chi connectivity index (χ2n) is 4.76. The zero-order valence-corrected chi connectivity index (χ0v) is 9.57. The Kier molecular flexibility index (Phi) is 4.11. The van der Waals surface area contributed by atoms with Gasteiger partial charge in [0.05, 0.1) is 0 Å². The molecule has 0 spiro atoms. The quantitative estimate of drug-likeness (QED) is 0.716. The Hall–Kier alpha value is -0.610. The van der Waals surface area contributed by atoms with Crippen molar-refractivity contribution in [2.75, 3.05) is 19.6 Å². The number of carboxylic acids is 1. The lowest BCUT2D eigenvalue weighted by atomic mass is 10.0. The van der Waals surface area contributed by atoms with E-state index in [9.17, 15) is 9.90 Å². The van der Waals surface area contributed by atoms with Crippen molar-refractivity contribution < 1.29 is 15.0 Å². The Labute approximate surface area is 90.9 Å². The van der Waals surface area contributed by atoms with Crippen LogP contribution in [0.25, 0.3) is 0 Å². The van der Waals surface area contributed by atoms with Gasteiger partial charge in [-0.1, -0.05) is 13.3 Å². The van der Waals surface area contributed by atoms with Crippen LogP contribution in [0.5, 0.6) is 0 Å². The Morgan fingerprint density at radius 1 is 1.60 bits per heavy atom. The van der Waals surface area contributed by atoms with Crippen LogP contribution >= 0.6 is 0 Å². The molecular weight excluding hydrogens is 194 g/mol. The number of likely N-dealkylation sites (tertiary alicyclic amines) is 1. The molecule has 4 heteroatoms. The molecule has 2 atom stereocenters. The molecule has 0 bridgehead atoms. The van der Waals surface area contributed by atoms with Gasteiger partial charge in [0.1, 0.15) is 0 Å². The van der Waals surface area contributed by atoms with E-state index >= 15 is 0 Å². The van der Waals surface area contributed by atoms with E-state index in [4.69, 9.17) is 5.11 Å². The standard InChI is InChI=1S/C11H21NO3/c1-3-4-9-5-6-12(7-9)8-11(2,15)10(13)14/h9,15H,3-8H2,1-2H3,(H,13,14). The van der Waals surface area contributed by atoms with Crippen LogP contribution in [0.3, 0.4) is 0 Å². The molecule has 1 saturated heterocycles. The zero-order chi connectivity index (χ0) is 11.5. The molecule has 1 aliphatic rings. The van der Waals surface area contributed by atoms with Gasteiger partial charge in [-0.3, -0.25) is 4.90 Å². The Bertz CT molecular complexity index is 228. The van der Waals surface area contributed by atoms with E-state index in [1.165, 1.54) is 19.8 Å². The molecule has 0 aromatic carbocycles. The molecule has 0 amide bonds. The first-order valence-electron chi connectivity index (χ1n) is 5.64. The lowest BCUT2D eigenvalue weighted by Gasteiger charge is -2.25. The Morgan fingerprint density at radius 2 is 2.27 bits per heavy atom. The van der Waals surface area contributed by atoms with Gasteiger partial charge in [-0.25, -0.2) is 4.79 Å². The van der Waals surface area contributed by atoms with E-state index in [1.54, 1.807) is 0 Å². The summed E-state index contributed by atoms with van der Waals surface area (Å²) in [7, 11) is 0. The second-order valence-corrected chi connectivity index (χ2v) is 4.76. The maximum absolute atomic E-state index is 10.7. The average molecular weight is 215 g/mol. The summed E-state index contributed by atoms with van der Waals surface area (Å²) < 4.78 is 0. The summed E-state index contributed by atoms with van der Waals surface area (Å²) in [6, 6.07) is 0. The van der Waals surface area contributed by atoms with E-state index in [2.05, 4.69) is 11.8 Å². The van der Waals surface area contributed by atoms with Crippen molar-refractivity contribution in [1.29, 1.82) is 0 Å². The van der Waals surface area contributed by atoms with E-state index < -0.39 is 11.6 Å². The van der Waals surface area contributed by atoms with Crippen molar-refractivity contribution in [1.82, 2.24) is 4.90 Å². The molecule has 0 saturated carbocycles. The summed E-state index contributed by atoms with van der Waals surface area (Å²) in [5.41, 5.74) is -1.61. The van der Waals surface area contributed by atoms with E-state index in [1.807, 2.05) is 0 Å². The van der Waals surface area contributed by atoms with Crippen LogP contribution in [0.15, 0.2) is 0 Å². The third-order valence-electron chi connectivity index (χ3n) is 3.06. The van der Waals surface area contributed by atoms with Crippen LogP contribution in [0, 0.1) is 5.92 Å². The second kappa shape index (κ2) is 4.94. The van der Waals surface area contributed by atoms with Gasteiger partial charge in [0.25, 0.3) is 0 Å². The maximum atomic E-state index is 10.7. The topological polar surface area (TPSA) is 60.8 Å². The smallest absolute Gasteiger partial charge is 0.336 e. The monoisotopic (exact) mass is 215 g/mol. The fraction of sp³-hybridized carbons (Fsp3) is 0.909. The van der Waals surface area contributed by atoms with Crippen molar-refractivity contribution >= 4 is 5.97 Å². The van der Waals surface area contributed by atoms with Crippen molar-refractivity contribution in [2.24, 2.45) is 5.92 Å². The third kappa shape index (κ3) is 3.47. The molecule has 1 heterocycles. The highest BCUT2D eigenvalue weighted by atomic mass is 16.4. The van der Waals surface area contributed by atoms with Crippen LogP contribution in [0.1, 0.15) is 33.1 Å². The van der Waals surface area contributed by atoms with Crippen LogP contribution in [-0.2, 0) is 4.79 Å². The summed E-state index contributed by atoms with van der Waals surface area (Å²) in [5.74, 6) is -0.457. The lowest BCUT2D eigenvalue weighted by Crippen LogP contribution is -2.46. The first-order chi connectivity index (χ1) is 6.95. The number of hydrogen-bond donors (Lipinski definition) is 2. The summed E-state index contributed by atoms with van der Waals surface area (Å²) in [6.45, 7) is 5.60. The SMILES string of the molecule is CCCC1CCN(CC(C)(O)C(=O)O)C1. The van der Waals surface area contributed by atoms with Crippen molar-refractivity contribution in [3.8, 4) is 0 Å². The van der Waals surface area contributed by atoms with Crippen LogP contribution < -0.4 is 0 Å². The number of rotatable bonds is 5. The minimum Gasteiger partial charge on any atom is -0.479 e. The summed E-state index contributed by atoms with van der Waals surface area (Å²) in [4.78, 5) is 12.8. The fourth-order valence-electron chi connectivity index (χ4n) is 2.20. The van der Waals surface area contributed by atoms with Crippen LogP contribution in [0.2, 0.25) is 0 Å². The molecule has 0 aliphatic carbocycles. The minimum atomic E-state index is -1.61. The Balaban J connectivity index is 2.38. The van der Waals surface area contributed by atoms with Gasteiger partial charge in [0.15, 0.2) is 5.60 Å². The van der Waals surface area contributed by atoms with Crippen molar-refractivity contribution in [3.05, 3.63) is 0 Å². The number of β-amino-alcohol motifs (C(OH)–C–C–N with tert-alkyl or cyclic N) is 1. The Morgan fingerprint density at radius 3 is 2.80 bits per heavy atom. The molecule has 1 aliphatic heterocycles. The molecule has 0 aromatic rings. The molecule has 0 aromatic heterocycles. The first-order valence-corrected chi connectivity index (χ1v) is 5.64. The molecule has 1 fully saturated rings. The average Bonchev–Trinajstić information content (AvgIpc) is 2.52. The number of aliphatic carboxylic acids is 1. The van der Waals surface area contributed by atoms with Gasteiger partial charge >= 0.3 is 5.97 Å². The number of carbonyl (C=O) groups is 1. The van der Waals surface area contributed by atoms with Gasteiger partial charge in [0.2, 0.25) is 0 Å². The molecule has 0 radical (unpaired) electrons. The van der Waals surface area contributed by atoms with Crippen LogP contribution in [-0.4, -0.2) is 46.3 Å². The summed E-state index contributed by atoms with van der Waals surface area (Å²) in [6.07, 6.45) is 3.50. The zero-order valence-electron chi connectivity index (χ0n) is 9.57.